The molecule has 19 heavy (non-hydrogen) atoms. The average molecular weight is 281 g/mol. The van der Waals surface area contributed by atoms with Gasteiger partial charge in [0, 0.05) is 26.3 Å². The highest BCUT2D eigenvalue weighted by molar-refractivity contribution is 7.89. The van der Waals surface area contributed by atoms with Gasteiger partial charge in [0.25, 0.3) is 0 Å². The standard InChI is InChI=1S/C13H19N3O2S/c1-14-13-6-5-12(7-15-13)19(17,18)16-8-10-3-2-4-11(10)9-16/h5-7,10-11H,2-4,8-9H2,1H3,(H,14,15). The lowest BCUT2D eigenvalue weighted by molar-refractivity contribution is 0.445. The Hall–Kier alpha value is -1.14. The van der Waals surface area contributed by atoms with Gasteiger partial charge in [-0.25, -0.2) is 13.4 Å². The summed E-state index contributed by atoms with van der Waals surface area (Å²) in [5.74, 6) is 1.82. The Morgan fingerprint density at radius 3 is 2.47 bits per heavy atom. The van der Waals surface area contributed by atoms with Crippen molar-refractivity contribution in [3.63, 3.8) is 0 Å². The van der Waals surface area contributed by atoms with Crippen LogP contribution in [0.15, 0.2) is 23.2 Å². The van der Waals surface area contributed by atoms with Crippen LogP contribution < -0.4 is 5.32 Å². The number of aromatic nitrogens is 1. The Balaban J connectivity index is 1.82. The van der Waals surface area contributed by atoms with Crippen LogP contribution in [0.25, 0.3) is 0 Å². The second kappa shape index (κ2) is 4.76. The molecule has 1 aliphatic carbocycles. The second-order valence-electron chi connectivity index (χ2n) is 5.40. The largest absolute Gasteiger partial charge is 0.373 e. The molecule has 0 spiro atoms. The number of rotatable bonds is 3. The van der Waals surface area contributed by atoms with Gasteiger partial charge < -0.3 is 5.32 Å². The summed E-state index contributed by atoms with van der Waals surface area (Å²) in [7, 11) is -1.60. The molecule has 1 saturated heterocycles. The van der Waals surface area contributed by atoms with E-state index in [0.717, 1.165) is 0 Å². The predicted octanol–water partition coefficient (Wildman–Crippen LogP) is 1.54. The number of nitrogens with one attached hydrogen (secondary N) is 1. The molecule has 2 atom stereocenters. The Morgan fingerprint density at radius 2 is 1.95 bits per heavy atom. The van der Waals surface area contributed by atoms with E-state index >= 15 is 0 Å². The zero-order chi connectivity index (χ0) is 13.5. The lowest BCUT2D eigenvalue weighted by Gasteiger charge is -2.17. The highest BCUT2D eigenvalue weighted by atomic mass is 32.2. The number of hydrogen-bond acceptors (Lipinski definition) is 4. The van der Waals surface area contributed by atoms with E-state index in [1.54, 1.807) is 23.5 Å². The molecular weight excluding hydrogens is 262 g/mol. The molecule has 3 rings (SSSR count). The van der Waals surface area contributed by atoms with Gasteiger partial charge in [-0.05, 0) is 36.8 Å². The van der Waals surface area contributed by atoms with E-state index in [2.05, 4.69) is 10.3 Å². The molecule has 5 nitrogen and oxygen atoms in total. The van der Waals surface area contributed by atoms with E-state index < -0.39 is 10.0 Å². The van der Waals surface area contributed by atoms with Crippen molar-refractivity contribution < 1.29 is 8.42 Å². The molecule has 104 valence electrons. The second-order valence-corrected chi connectivity index (χ2v) is 7.34. The van der Waals surface area contributed by atoms with E-state index in [1.807, 2.05) is 0 Å². The normalized spacial score (nSPS) is 27.4. The molecule has 1 saturated carbocycles. The van der Waals surface area contributed by atoms with Gasteiger partial charge in [-0.2, -0.15) is 4.31 Å². The number of pyridine rings is 1. The Morgan fingerprint density at radius 1 is 1.26 bits per heavy atom. The van der Waals surface area contributed by atoms with Crippen LogP contribution >= 0.6 is 0 Å². The number of hydrogen-bond donors (Lipinski definition) is 1. The fourth-order valence-electron chi connectivity index (χ4n) is 3.22. The SMILES string of the molecule is CNc1ccc(S(=O)(=O)N2CC3CCCC3C2)cn1. The van der Waals surface area contributed by atoms with E-state index in [0.29, 0.717) is 35.6 Å². The summed E-state index contributed by atoms with van der Waals surface area (Å²) in [6, 6.07) is 3.33. The van der Waals surface area contributed by atoms with E-state index in [4.69, 9.17) is 0 Å². The average Bonchev–Trinajstić information content (AvgIpc) is 2.99. The minimum Gasteiger partial charge on any atom is -0.373 e. The lowest BCUT2D eigenvalue weighted by Crippen LogP contribution is -2.29. The minimum atomic E-state index is -3.36. The monoisotopic (exact) mass is 281 g/mol. The summed E-state index contributed by atoms with van der Waals surface area (Å²) in [6.07, 6.45) is 5.04. The Kier molecular flexibility index (Phi) is 3.22. The first kappa shape index (κ1) is 12.9. The number of nitrogens with zero attached hydrogens (tertiary/aromatic N) is 2. The molecule has 0 bridgehead atoms. The molecule has 1 N–H and O–H groups in total. The molecule has 0 amide bonds. The van der Waals surface area contributed by atoms with E-state index in [9.17, 15) is 8.42 Å². The third-order valence-corrected chi connectivity index (χ3v) is 6.14. The van der Waals surface area contributed by atoms with Crippen LogP contribution in [0.3, 0.4) is 0 Å². The van der Waals surface area contributed by atoms with Gasteiger partial charge in [-0.15, -0.1) is 0 Å². The molecule has 0 radical (unpaired) electrons. The van der Waals surface area contributed by atoms with Crippen LogP contribution in [0.2, 0.25) is 0 Å². The Bertz CT molecular complexity index is 544. The van der Waals surface area contributed by atoms with Gasteiger partial charge in [-0.1, -0.05) is 6.42 Å². The molecule has 6 heteroatoms. The summed E-state index contributed by atoms with van der Waals surface area (Å²) in [5, 5.41) is 2.89. The molecule has 0 aromatic carbocycles. The maximum atomic E-state index is 12.5. The maximum Gasteiger partial charge on any atom is 0.244 e. The van der Waals surface area contributed by atoms with Crippen molar-refractivity contribution >= 4 is 15.8 Å². The molecule has 2 aliphatic rings. The van der Waals surface area contributed by atoms with Gasteiger partial charge >= 0.3 is 0 Å². The van der Waals surface area contributed by atoms with Crippen LogP contribution in [0.1, 0.15) is 19.3 Å². The van der Waals surface area contributed by atoms with Gasteiger partial charge in [0.1, 0.15) is 10.7 Å². The van der Waals surface area contributed by atoms with Crippen molar-refractivity contribution in [3.8, 4) is 0 Å². The van der Waals surface area contributed by atoms with Crippen LogP contribution in [0, 0.1) is 11.8 Å². The van der Waals surface area contributed by atoms with Crippen LogP contribution in [-0.4, -0.2) is 37.8 Å². The maximum absolute atomic E-state index is 12.5. The van der Waals surface area contributed by atoms with E-state index in [1.165, 1.54) is 25.5 Å². The topological polar surface area (TPSA) is 62.3 Å². The van der Waals surface area contributed by atoms with Crippen molar-refractivity contribution in [2.24, 2.45) is 11.8 Å². The third-order valence-electron chi connectivity index (χ3n) is 4.32. The van der Waals surface area contributed by atoms with Crippen molar-refractivity contribution in [2.75, 3.05) is 25.5 Å². The third kappa shape index (κ3) is 2.23. The van der Waals surface area contributed by atoms with Crippen LogP contribution in [-0.2, 0) is 10.0 Å². The number of sulfonamides is 1. The van der Waals surface area contributed by atoms with Gasteiger partial charge in [0.15, 0.2) is 0 Å². The first-order valence-electron chi connectivity index (χ1n) is 6.75. The number of fused-ring (bicyclic) bond motifs is 1. The summed E-state index contributed by atoms with van der Waals surface area (Å²) in [5.41, 5.74) is 0. The van der Waals surface area contributed by atoms with Gasteiger partial charge in [0.2, 0.25) is 10.0 Å². The molecule has 2 heterocycles. The fourth-order valence-corrected chi connectivity index (χ4v) is 4.72. The highest BCUT2D eigenvalue weighted by Crippen LogP contribution is 2.39. The zero-order valence-electron chi connectivity index (χ0n) is 11.0. The first-order chi connectivity index (χ1) is 9.11. The molecule has 2 unspecified atom stereocenters. The van der Waals surface area contributed by atoms with Gasteiger partial charge in [-0.3, -0.25) is 0 Å². The molecule has 1 aromatic heterocycles. The lowest BCUT2D eigenvalue weighted by atomic mass is 10.0. The van der Waals surface area contributed by atoms with Crippen molar-refractivity contribution in [2.45, 2.75) is 24.2 Å². The summed E-state index contributed by atoms with van der Waals surface area (Å²) in [4.78, 5) is 4.39. The zero-order valence-corrected chi connectivity index (χ0v) is 11.9. The van der Waals surface area contributed by atoms with Crippen molar-refractivity contribution in [1.29, 1.82) is 0 Å². The molecule has 1 aromatic rings. The highest BCUT2D eigenvalue weighted by Gasteiger charge is 2.41. The minimum absolute atomic E-state index is 0.298. The fraction of sp³-hybridized carbons (Fsp3) is 0.615. The van der Waals surface area contributed by atoms with Crippen LogP contribution in [0.5, 0.6) is 0 Å². The van der Waals surface area contributed by atoms with Crippen molar-refractivity contribution in [3.05, 3.63) is 18.3 Å². The van der Waals surface area contributed by atoms with E-state index in [-0.39, 0.29) is 0 Å². The molecular formula is C13H19N3O2S. The van der Waals surface area contributed by atoms with Crippen molar-refractivity contribution in [1.82, 2.24) is 9.29 Å². The van der Waals surface area contributed by atoms with Gasteiger partial charge in [0.05, 0.1) is 0 Å². The first-order valence-corrected chi connectivity index (χ1v) is 8.19. The molecule has 1 aliphatic heterocycles. The quantitative estimate of drug-likeness (QED) is 0.913. The molecule has 2 fully saturated rings. The predicted molar refractivity (Wildman–Crippen MR) is 73.4 cm³/mol. The number of anilines is 1. The smallest absolute Gasteiger partial charge is 0.244 e. The summed E-state index contributed by atoms with van der Waals surface area (Å²) in [6.45, 7) is 1.36. The Labute approximate surface area is 114 Å². The summed E-state index contributed by atoms with van der Waals surface area (Å²) >= 11 is 0. The summed E-state index contributed by atoms with van der Waals surface area (Å²) < 4.78 is 26.7. The van der Waals surface area contributed by atoms with Crippen LogP contribution in [0.4, 0.5) is 5.82 Å².